The maximum absolute atomic E-state index is 13.4. The maximum atomic E-state index is 13.4. The lowest BCUT2D eigenvalue weighted by atomic mass is 10.1. The fourth-order valence-electron chi connectivity index (χ4n) is 3.25. The van der Waals surface area contributed by atoms with Gasteiger partial charge in [0, 0.05) is 22.3 Å². The van der Waals surface area contributed by atoms with Crippen molar-refractivity contribution in [1.29, 1.82) is 0 Å². The summed E-state index contributed by atoms with van der Waals surface area (Å²) >= 11 is 7.27. The summed E-state index contributed by atoms with van der Waals surface area (Å²) < 4.78 is 15.2. The van der Waals surface area contributed by atoms with Crippen molar-refractivity contribution in [2.75, 3.05) is 5.32 Å². The molecule has 0 aliphatic carbocycles. The fourth-order valence-corrected chi connectivity index (χ4v) is 4.12. The first-order valence-electron chi connectivity index (χ1n) is 9.89. The molecule has 5 aromatic rings. The van der Waals surface area contributed by atoms with Crippen LogP contribution < -0.4 is 5.32 Å². The number of anilines is 1. The smallest absolute Gasteiger partial charge is 0.257 e. The van der Waals surface area contributed by atoms with Gasteiger partial charge in [-0.2, -0.15) is 5.10 Å². The van der Waals surface area contributed by atoms with Crippen LogP contribution in [0.1, 0.15) is 10.4 Å². The molecule has 0 aliphatic rings. The lowest BCUT2D eigenvalue weighted by Gasteiger charge is -2.01. The molecule has 162 valence electrons. The predicted molar refractivity (Wildman–Crippen MR) is 127 cm³/mol. The SMILES string of the molecule is O=C(Nc1nnc(-c2cn(-c3ccccc3)nc2-c2ccc(Cl)cc2)s1)c1cccc(F)c1. The fraction of sp³-hybridized carbons (Fsp3) is 0. The van der Waals surface area contributed by atoms with E-state index in [1.165, 1.54) is 35.6 Å². The molecule has 0 saturated carbocycles. The molecule has 5 rings (SSSR count). The molecular weight excluding hydrogens is 461 g/mol. The molecule has 9 heteroatoms. The van der Waals surface area contributed by atoms with Crippen molar-refractivity contribution < 1.29 is 9.18 Å². The highest BCUT2D eigenvalue weighted by Gasteiger charge is 2.19. The zero-order chi connectivity index (χ0) is 22.8. The minimum absolute atomic E-state index is 0.200. The number of carbonyl (C=O) groups excluding carboxylic acids is 1. The molecule has 0 aliphatic heterocycles. The summed E-state index contributed by atoms with van der Waals surface area (Å²) in [6, 6.07) is 22.5. The van der Waals surface area contributed by atoms with Gasteiger partial charge in [-0.1, -0.05) is 59.3 Å². The number of benzene rings is 3. The van der Waals surface area contributed by atoms with E-state index in [2.05, 4.69) is 15.5 Å². The first kappa shape index (κ1) is 21.0. The minimum Gasteiger partial charge on any atom is -0.296 e. The van der Waals surface area contributed by atoms with Gasteiger partial charge in [0.15, 0.2) is 5.01 Å². The minimum atomic E-state index is -0.485. The Morgan fingerprint density at radius 1 is 0.970 bits per heavy atom. The first-order chi connectivity index (χ1) is 16.1. The average molecular weight is 476 g/mol. The zero-order valence-electron chi connectivity index (χ0n) is 16.9. The molecule has 0 spiro atoms. The normalized spacial score (nSPS) is 10.8. The average Bonchev–Trinajstić information content (AvgIpc) is 3.47. The number of halogens is 2. The molecule has 0 saturated heterocycles. The summed E-state index contributed by atoms with van der Waals surface area (Å²) in [5.74, 6) is -0.948. The number of nitrogens with one attached hydrogen (secondary N) is 1. The molecule has 1 N–H and O–H groups in total. The van der Waals surface area contributed by atoms with Gasteiger partial charge < -0.3 is 0 Å². The molecule has 33 heavy (non-hydrogen) atoms. The van der Waals surface area contributed by atoms with Crippen LogP contribution in [0, 0.1) is 5.82 Å². The lowest BCUT2D eigenvalue weighted by Crippen LogP contribution is -2.11. The quantitative estimate of drug-likeness (QED) is 0.333. The van der Waals surface area contributed by atoms with Crippen molar-refractivity contribution in [3.8, 4) is 27.5 Å². The summed E-state index contributed by atoms with van der Waals surface area (Å²) in [4.78, 5) is 12.5. The molecule has 0 radical (unpaired) electrons. The van der Waals surface area contributed by atoms with Crippen molar-refractivity contribution in [3.05, 3.63) is 101 Å². The van der Waals surface area contributed by atoms with Gasteiger partial charge in [0.05, 0.1) is 11.3 Å². The van der Waals surface area contributed by atoms with Crippen LogP contribution in [0.15, 0.2) is 85.1 Å². The van der Waals surface area contributed by atoms with E-state index in [1.54, 1.807) is 16.8 Å². The van der Waals surface area contributed by atoms with Gasteiger partial charge in [-0.25, -0.2) is 9.07 Å². The Balaban J connectivity index is 1.51. The van der Waals surface area contributed by atoms with Crippen LogP contribution in [-0.4, -0.2) is 25.9 Å². The molecule has 0 atom stereocenters. The van der Waals surface area contributed by atoms with E-state index >= 15 is 0 Å². The van der Waals surface area contributed by atoms with E-state index in [1.807, 2.05) is 48.7 Å². The number of aromatic nitrogens is 4. The highest BCUT2D eigenvalue weighted by atomic mass is 35.5. The van der Waals surface area contributed by atoms with Gasteiger partial charge in [0.1, 0.15) is 11.5 Å². The van der Waals surface area contributed by atoms with Crippen molar-refractivity contribution in [2.45, 2.75) is 0 Å². The topological polar surface area (TPSA) is 72.7 Å². The van der Waals surface area contributed by atoms with Crippen molar-refractivity contribution in [1.82, 2.24) is 20.0 Å². The third-order valence-corrected chi connectivity index (χ3v) is 5.94. The number of rotatable bonds is 5. The number of nitrogens with zero attached hydrogens (tertiary/aromatic N) is 4. The van der Waals surface area contributed by atoms with Crippen LogP contribution in [0.25, 0.3) is 27.5 Å². The van der Waals surface area contributed by atoms with E-state index < -0.39 is 11.7 Å². The van der Waals surface area contributed by atoms with Crippen LogP contribution in [0.5, 0.6) is 0 Å². The Morgan fingerprint density at radius 2 is 1.76 bits per heavy atom. The van der Waals surface area contributed by atoms with Gasteiger partial charge in [-0.15, -0.1) is 10.2 Å². The van der Waals surface area contributed by atoms with Crippen LogP contribution >= 0.6 is 22.9 Å². The number of hydrogen-bond acceptors (Lipinski definition) is 5. The Hall–Kier alpha value is -3.88. The van der Waals surface area contributed by atoms with E-state index in [0.29, 0.717) is 20.9 Å². The predicted octanol–water partition coefficient (Wildman–Crippen LogP) is 6.10. The summed E-state index contributed by atoms with van der Waals surface area (Å²) in [6.07, 6.45) is 1.87. The molecule has 1 amide bonds. The third-order valence-electron chi connectivity index (χ3n) is 4.82. The van der Waals surface area contributed by atoms with Crippen LogP contribution in [0.4, 0.5) is 9.52 Å². The molecule has 0 bridgehead atoms. The molecule has 3 aromatic carbocycles. The van der Waals surface area contributed by atoms with Crippen molar-refractivity contribution in [2.24, 2.45) is 0 Å². The van der Waals surface area contributed by atoms with Crippen LogP contribution in [0.3, 0.4) is 0 Å². The standard InChI is InChI=1S/C24H15ClFN5OS/c25-17-11-9-15(10-12-17)21-20(14-31(30-21)19-7-2-1-3-8-19)23-28-29-24(33-23)27-22(32)16-5-4-6-18(26)13-16/h1-14H,(H,27,29,32). The number of para-hydroxylation sites is 1. The van der Waals surface area contributed by atoms with Gasteiger partial charge in [-0.05, 0) is 42.5 Å². The maximum Gasteiger partial charge on any atom is 0.257 e. The second kappa shape index (κ2) is 8.93. The molecule has 0 unspecified atom stereocenters. The summed E-state index contributed by atoms with van der Waals surface area (Å²) in [6.45, 7) is 0. The molecule has 0 fully saturated rings. The molecule has 2 heterocycles. The number of carbonyl (C=O) groups is 1. The second-order valence-electron chi connectivity index (χ2n) is 7.06. The lowest BCUT2D eigenvalue weighted by molar-refractivity contribution is 0.102. The first-order valence-corrected chi connectivity index (χ1v) is 11.1. The summed E-state index contributed by atoms with van der Waals surface area (Å²) in [7, 11) is 0. The van der Waals surface area contributed by atoms with E-state index in [4.69, 9.17) is 16.7 Å². The van der Waals surface area contributed by atoms with Gasteiger partial charge in [-0.3, -0.25) is 10.1 Å². The monoisotopic (exact) mass is 475 g/mol. The van der Waals surface area contributed by atoms with E-state index in [0.717, 1.165) is 16.8 Å². The van der Waals surface area contributed by atoms with E-state index in [9.17, 15) is 9.18 Å². The summed E-state index contributed by atoms with van der Waals surface area (Å²) in [5, 5.41) is 17.3. The van der Waals surface area contributed by atoms with Gasteiger partial charge in [0.25, 0.3) is 5.91 Å². The van der Waals surface area contributed by atoms with Gasteiger partial charge in [0.2, 0.25) is 5.13 Å². The second-order valence-corrected chi connectivity index (χ2v) is 8.47. The van der Waals surface area contributed by atoms with Crippen LogP contribution in [-0.2, 0) is 0 Å². The molecule has 2 aromatic heterocycles. The largest absolute Gasteiger partial charge is 0.296 e. The number of hydrogen-bond donors (Lipinski definition) is 1. The Labute approximate surface area is 197 Å². The van der Waals surface area contributed by atoms with Crippen molar-refractivity contribution in [3.63, 3.8) is 0 Å². The third kappa shape index (κ3) is 4.52. The highest BCUT2D eigenvalue weighted by Crippen LogP contribution is 2.35. The van der Waals surface area contributed by atoms with Crippen LogP contribution in [0.2, 0.25) is 5.02 Å². The highest BCUT2D eigenvalue weighted by molar-refractivity contribution is 7.18. The Morgan fingerprint density at radius 3 is 2.52 bits per heavy atom. The zero-order valence-corrected chi connectivity index (χ0v) is 18.5. The van der Waals surface area contributed by atoms with Crippen molar-refractivity contribution >= 4 is 34.0 Å². The molecule has 6 nitrogen and oxygen atoms in total. The van der Waals surface area contributed by atoms with Gasteiger partial charge >= 0.3 is 0 Å². The number of amides is 1. The Bertz CT molecular complexity index is 1430. The van der Waals surface area contributed by atoms with E-state index in [-0.39, 0.29) is 5.56 Å². The molecular formula is C24H15ClFN5OS. The summed E-state index contributed by atoms with van der Waals surface area (Å²) in [5.41, 5.74) is 3.41. The Kier molecular flexibility index (Phi) is 5.68.